The van der Waals surface area contributed by atoms with Gasteiger partial charge in [0, 0.05) is 24.2 Å². The molecule has 0 saturated carbocycles. The number of benzene rings is 1. The number of nitrogens with one attached hydrogen (secondary N) is 3. The molecule has 0 aliphatic carbocycles. The van der Waals surface area contributed by atoms with Crippen molar-refractivity contribution in [3.8, 4) is 11.3 Å². The predicted molar refractivity (Wildman–Crippen MR) is 110 cm³/mol. The van der Waals surface area contributed by atoms with Crippen LogP contribution in [0.2, 0.25) is 0 Å². The largest absolute Gasteiger partial charge is 0.370 e. The molecule has 1 aliphatic rings. The summed E-state index contributed by atoms with van der Waals surface area (Å²) < 4.78 is 0. The van der Waals surface area contributed by atoms with Crippen molar-refractivity contribution in [3.63, 3.8) is 0 Å². The van der Waals surface area contributed by atoms with Crippen LogP contribution in [0.4, 0.5) is 11.8 Å². The zero-order valence-corrected chi connectivity index (χ0v) is 16.0. The number of hydrogen-bond acceptors (Lipinski definition) is 5. The monoisotopic (exact) mass is 353 g/mol. The lowest BCUT2D eigenvalue weighted by Crippen LogP contribution is -2.28. The number of hydrogen-bond donors (Lipinski definition) is 3. The van der Waals surface area contributed by atoms with Crippen LogP contribution in [0.25, 0.3) is 11.3 Å². The molecule has 3 N–H and O–H groups in total. The molecule has 1 fully saturated rings. The van der Waals surface area contributed by atoms with Crippen molar-refractivity contribution in [2.75, 3.05) is 30.3 Å². The third-order valence-electron chi connectivity index (χ3n) is 5.10. The molecule has 0 unspecified atom stereocenters. The first-order chi connectivity index (χ1) is 12.7. The fourth-order valence-electron chi connectivity index (χ4n) is 3.26. The first-order valence-corrected chi connectivity index (χ1v) is 9.90. The fourth-order valence-corrected chi connectivity index (χ4v) is 3.26. The molecule has 140 valence electrons. The van der Waals surface area contributed by atoms with E-state index < -0.39 is 0 Å². The highest BCUT2D eigenvalue weighted by Gasteiger charge is 2.13. The summed E-state index contributed by atoms with van der Waals surface area (Å²) in [6, 6.07) is 12.7. The van der Waals surface area contributed by atoms with E-state index in [1.807, 2.05) is 18.2 Å². The van der Waals surface area contributed by atoms with E-state index in [2.05, 4.69) is 53.0 Å². The molecule has 5 heteroatoms. The molecule has 2 heterocycles. The zero-order chi connectivity index (χ0) is 18.2. The summed E-state index contributed by atoms with van der Waals surface area (Å²) in [7, 11) is 0. The smallest absolute Gasteiger partial charge is 0.225 e. The highest BCUT2D eigenvalue weighted by molar-refractivity contribution is 5.64. The topological polar surface area (TPSA) is 61.9 Å². The number of piperidine rings is 1. The second kappa shape index (κ2) is 9.53. The zero-order valence-electron chi connectivity index (χ0n) is 16.0. The van der Waals surface area contributed by atoms with Gasteiger partial charge >= 0.3 is 0 Å². The minimum atomic E-state index is 0.351. The fraction of sp³-hybridized carbons (Fsp3) is 0.524. The van der Waals surface area contributed by atoms with Crippen LogP contribution >= 0.6 is 0 Å². The molecular weight excluding hydrogens is 322 g/mol. The summed E-state index contributed by atoms with van der Waals surface area (Å²) in [6.07, 6.45) is 4.79. The van der Waals surface area contributed by atoms with Crippen molar-refractivity contribution in [1.82, 2.24) is 15.3 Å². The Bertz CT molecular complexity index is 667. The molecule has 0 spiro atoms. The Kier molecular flexibility index (Phi) is 6.83. The first-order valence-electron chi connectivity index (χ1n) is 9.90. The molecule has 5 nitrogen and oxygen atoms in total. The maximum Gasteiger partial charge on any atom is 0.225 e. The SMILES string of the molecule is CC[C@@H](C)Nc1nc(NCCC2CCNCC2)cc(-c2ccccc2)n1. The van der Waals surface area contributed by atoms with E-state index in [0.717, 1.165) is 49.0 Å². The Morgan fingerprint density at radius 2 is 1.92 bits per heavy atom. The highest BCUT2D eigenvalue weighted by atomic mass is 15.2. The Labute approximate surface area is 157 Å². The molecule has 1 aromatic carbocycles. The van der Waals surface area contributed by atoms with E-state index in [-0.39, 0.29) is 0 Å². The highest BCUT2D eigenvalue weighted by Crippen LogP contribution is 2.22. The minimum Gasteiger partial charge on any atom is -0.370 e. The molecule has 26 heavy (non-hydrogen) atoms. The van der Waals surface area contributed by atoms with E-state index in [4.69, 9.17) is 4.98 Å². The lowest BCUT2D eigenvalue weighted by Gasteiger charge is -2.22. The Balaban J connectivity index is 1.71. The number of aromatic nitrogens is 2. The second-order valence-electron chi connectivity index (χ2n) is 7.19. The molecule has 3 rings (SSSR count). The van der Waals surface area contributed by atoms with Gasteiger partial charge in [0.15, 0.2) is 0 Å². The van der Waals surface area contributed by atoms with Crippen molar-refractivity contribution in [3.05, 3.63) is 36.4 Å². The summed E-state index contributed by atoms with van der Waals surface area (Å²) in [6.45, 7) is 7.58. The van der Waals surface area contributed by atoms with E-state index in [1.165, 1.54) is 19.3 Å². The molecule has 1 saturated heterocycles. The van der Waals surface area contributed by atoms with Crippen LogP contribution in [0.5, 0.6) is 0 Å². The second-order valence-corrected chi connectivity index (χ2v) is 7.19. The third-order valence-corrected chi connectivity index (χ3v) is 5.10. The van der Waals surface area contributed by atoms with Gasteiger partial charge in [0.1, 0.15) is 5.82 Å². The van der Waals surface area contributed by atoms with Gasteiger partial charge in [0.25, 0.3) is 0 Å². The molecule has 1 atom stereocenters. The normalized spacial score (nSPS) is 16.2. The van der Waals surface area contributed by atoms with Crippen LogP contribution in [0.3, 0.4) is 0 Å². The quantitative estimate of drug-likeness (QED) is 0.665. The van der Waals surface area contributed by atoms with Gasteiger partial charge in [-0.1, -0.05) is 37.3 Å². The molecule has 2 aromatic rings. The Hall–Kier alpha value is -2.14. The van der Waals surface area contributed by atoms with E-state index in [9.17, 15) is 0 Å². The van der Waals surface area contributed by atoms with Crippen LogP contribution in [-0.2, 0) is 0 Å². The summed E-state index contributed by atoms with van der Waals surface area (Å²) in [5, 5.41) is 10.4. The van der Waals surface area contributed by atoms with Crippen LogP contribution in [-0.4, -0.2) is 35.6 Å². The molecule has 1 aromatic heterocycles. The van der Waals surface area contributed by atoms with Crippen molar-refractivity contribution in [1.29, 1.82) is 0 Å². The first kappa shape index (κ1) is 18.6. The molecular formula is C21H31N5. The van der Waals surface area contributed by atoms with E-state index >= 15 is 0 Å². The molecule has 0 radical (unpaired) electrons. The van der Waals surface area contributed by atoms with Gasteiger partial charge in [-0.3, -0.25) is 0 Å². The van der Waals surface area contributed by atoms with Gasteiger partial charge in [-0.25, -0.2) is 4.98 Å². The van der Waals surface area contributed by atoms with Crippen molar-refractivity contribution in [2.45, 2.75) is 45.6 Å². The van der Waals surface area contributed by atoms with E-state index in [1.54, 1.807) is 0 Å². The molecule has 1 aliphatic heterocycles. The van der Waals surface area contributed by atoms with Crippen molar-refractivity contribution < 1.29 is 0 Å². The van der Waals surface area contributed by atoms with E-state index in [0.29, 0.717) is 12.0 Å². The third kappa shape index (κ3) is 5.43. The van der Waals surface area contributed by atoms with Crippen LogP contribution in [0, 0.1) is 5.92 Å². The van der Waals surface area contributed by atoms with Crippen molar-refractivity contribution >= 4 is 11.8 Å². The average molecular weight is 354 g/mol. The maximum absolute atomic E-state index is 4.72. The number of anilines is 2. The number of nitrogens with zero attached hydrogens (tertiary/aromatic N) is 2. The van der Waals surface area contributed by atoms with Gasteiger partial charge in [-0.15, -0.1) is 0 Å². The Morgan fingerprint density at radius 1 is 1.15 bits per heavy atom. The van der Waals surface area contributed by atoms with Gasteiger partial charge < -0.3 is 16.0 Å². The number of rotatable bonds is 8. The van der Waals surface area contributed by atoms with Crippen LogP contribution < -0.4 is 16.0 Å². The summed E-state index contributed by atoms with van der Waals surface area (Å²) >= 11 is 0. The van der Waals surface area contributed by atoms with Crippen molar-refractivity contribution in [2.24, 2.45) is 5.92 Å². The van der Waals surface area contributed by atoms with Gasteiger partial charge in [0.2, 0.25) is 5.95 Å². The standard InChI is InChI=1S/C21H31N5/c1-3-16(2)24-21-25-19(18-7-5-4-6-8-18)15-20(26-21)23-14-11-17-9-12-22-13-10-17/h4-8,15-17,22H,3,9-14H2,1-2H3,(H2,23,24,25,26)/t16-/m1/s1. The average Bonchev–Trinajstić information content (AvgIpc) is 2.69. The summed E-state index contributed by atoms with van der Waals surface area (Å²) in [4.78, 5) is 9.40. The summed E-state index contributed by atoms with van der Waals surface area (Å²) in [5.74, 6) is 2.42. The van der Waals surface area contributed by atoms with Gasteiger partial charge in [-0.2, -0.15) is 4.98 Å². The molecule has 0 bridgehead atoms. The Morgan fingerprint density at radius 3 is 2.65 bits per heavy atom. The molecule has 0 amide bonds. The van der Waals surface area contributed by atoms with Crippen LogP contribution in [0.15, 0.2) is 36.4 Å². The lowest BCUT2D eigenvalue weighted by atomic mass is 9.95. The van der Waals surface area contributed by atoms with Gasteiger partial charge in [0.05, 0.1) is 5.69 Å². The lowest BCUT2D eigenvalue weighted by molar-refractivity contribution is 0.361. The summed E-state index contributed by atoms with van der Waals surface area (Å²) in [5.41, 5.74) is 2.07. The maximum atomic E-state index is 4.72. The van der Waals surface area contributed by atoms with Crippen LogP contribution in [0.1, 0.15) is 39.5 Å². The minimum absolute atomic E-state index is 0.351. The van der Waals surface area contributed by atoms with Gasteiger partial charge in [-0.05, 0) is 51.6 Å². The predicted octanol–water partition coefficient (Wildman–Crippen LogP) is 4.16.